The molecule has 3 aromatic rings. The number of hydrogen-bond donors (Lipinski definition) is 1. The second-order valence-corrected chi connectivity index (χ2v) is 7.92. The Morgan fingerprint density at radius 2 is 1.80 bits per heavy atom. The van der Waals surface area contributed by atoms with E-state index in [1.165, 1.54) is 12.1 Å². The van der Waals surface area contributed by atoms with Gasteiger partial charge in [-0.25, -0.2) is 9.38 Å². The molecule has 4 nitrogen and oxygen atoms in total. The zero-order valence-corrected chi connectivity index (χ0v) is 17.0. The fourth-order valence-electron chi connectivity index (χ4n) is 4.26. The highest BCUT2D eigenvalue weighted by Gasteiger charge is 2.55. The molecule has 0 saturated heterocycles. The lowest BCUT2D eigenvalue weighted by Crippen LogP contribution is -2.57. The molecule has 0 aromatic heterocycles. The van der Waals surface area contributed by atoms with Crippen molar-refractivity contribution in [3.05, 3.63) is 95.3 Å². The number of carbonyl (C=O) groups excluding carboxylic acids is 1. The summed E-state index contributed by atoms with van der Waals surface area (Å²) in [5, 5.41) is 3.33. The maximum atomic E-state index is 13.6. The van der Waals surface area contributed by atoms with Crippen molar-refractivity contribution in [3.8, 4) is 0 Å². The monoisotopic (exact) mass is 415 g/mol. The third-order valence-electron chi connectivity index (χ3n) is 5.66. The molecule has 5 rings (SSSR count). The van der Waals surface area contributed by atoms with E-state index in [4.69, 9.17) is 12.2 Å². The summed E-state index contributed by atoms with van der Waals surface area (Å²) in [5.74, 6) is -0.471. The third kappa shape index (κ3) is 2.75. The number of amides is 1. The van der Waals surface area contributed by atoms with Crippen molar-refractivity contribution in [1.29, 1.82) is 0 Å². The van der Waals surface area contributed by atoms with Gasteiger partial charge >= 0.3 is 0 Å². The minimum Gasteiger partial charge on any atom is -0.323 e. The van der Waals surface area contributed by atoms with E-state index >= 15 is 0 Å². The van der Waals surface area contributed by atoms with Crippen LogP contribution in [-0.2, 0) is 10.3 Å². The van der Waals surface area contributed by atoms with Gasteiger partial charge in [-0.1, -0.05) is 48.0 Å². The fourth-order valence-corrected chi connectivity index (χ4v) is 4.63. The molecule has 0 saturated carbocycles. The predicted octanol–water partition coefficient (Wildman–Crippen LogP) is 4.97. The molecule has 0 fully saturated rings. The summed E-state index contributed by atoms with van der Waals surface area (Å²) in [6.07, 6.45) is 0.315. The summed E-state index contributed by atoms with van der Waals surface area (Å²) in [5.41, 5.74) is 3.84. The quantitative estimate of drug-likeness (QED) is 0.602. The van der Waals surface area contributed by atoms with Crippen molar-refractivity contribution in [2.24, 2.45) is 4.99 Å². The maximum Gasteiger partial charge on any atom is 0.255 e. The Bertz CT molecular complexity index is 1210. The van der Waals surface area contributed by atoms with Gasteiger partial charge in [-0.05, 0) is 55.0 Å². The van der Waals surface area contributed by atoms with E-state index in [1.54, 1.807) is 12.1 Å². The Morgan fingerprint density at radius 3 is 2.53 bits per heavy atom. The van der Waals surface area contributed by atoms with Crippen LogP contribution in [0.5, 0.6) is 0 Å². The molecule has 1 spiro atoms. The van der Waals surface area contributed by atoms with E-state index < -0.39 is 5.54 Å². The van der Waals surface area contributed by atoms with Gasteiger partial charge in [-0.2, -0.15) is 0 Å². The molecular formula is C24H18FN3OS. The molecule has 3 aromatic carbocycles. The predicted molar refractivity (Wildman–Crippen MR) is 121 cm³/mol. The number of para-hydroxylation sites is 1. The summed E-state index contributed by atoms with van der Waals surface area (Å²) in [4.78, 5) is 20.1. The van der Waals surface area contributed by atoms with Crippen LogP contribution < -0.4 is 10.2 Å². The van der Waals surface area contributed by atoms with E-state index in [2.05, 4.69) is 10.3 Å². The second kappa shape index (κ2) is 6.85. The molecule has 1 atom stereocenters. The van der Waals surface area contributed by atoms with Crippen LogP contribution in [0, 0.1) is 12.7 Å². The van der Waals surface area contributed by atoms with Gasteiger partial charge in [-0.3, -0.25) is 9.69 Å². The fraction of sp³-hybridized carbons (Fsp3) is 0.125. The van der Waals surface area contributed by atoms with Gasteiger partial charge in [0.2, 0.25) is 5.11 Å². The molecule has 0 radical (unpaired) electrons. The van der Waals surface area contributed by atoms with Crippen molar-refractivity contribution < 1.29 is 9.18 Å². The highest BCUT2D eigenvalue weighted by atomic mass is 32.1. The van der Waals surface area contributed by atoms with Gasteiger partial charge in [0.1, 0.15) is 5.82 Å². The SMILES string of the molecule is Cc1ccc2c(c1)C1(CC(c3ccc(F)cc3)=NC(=S)N1c1ccccc1)C(=O)N2. The normalized spacial score (nSPS) is 20.2. The molecule has 6 heteroatoms. The van der Waals surface area contributed by atoms with Crippen molar-refractivity contribution in [3.63, 3.8) is 0 Å². The minimum absolute atomic E-state index is 0.149. The summed E-state index contributed by atoms with van der Waals surface area (Å²) in [7, 11) is 0. The standard InChI is InChI=1S/C24H18FN3OS/c1-15-7-12-20-19(13-15)24(22(29)26-20)14-21(16-8-10-17(25)11-9-16)27-23(30)28(24)18-5-3-2-4-6-18/h2-13H,14H2,1H3,(H,26,29). The number of benzene rings is 3. The molecule has 0 aliphatic carbocycles. The van der Waals surface area contributed by atoms with Crippen LogP contribution in [-0.4, -0.2) is 16.7 Å². The highest BCUT2D eigenvalue weighted by molar-refractivity contribution is 7.80. The molecule has 2 aliphatic heterocycles. The van der Waals surface area contributed by atoms with Crippen LogP contribution in [0.4, 0.5) is 15.8 Å². The molecule has 0 bridgehead atoms. The number of halogens is 1. The van der Waals surface area contributed by atoms with Crippen molar-refractivity contribution in [2.75, 3.05) is 10.2 Å². The van der Waals surface area contributed by atoms with Crippen LogP contribution in [0.2, 0.25) is 0 Å². The first-order valence-corrected chi connectivity index (χ1v) is 10.1. The zero-order valence-electron chi connectivity index (χ0n) is 16.2. The molecule has 2 heterocycles. The minimum atomic E-state index is -1.06. The summed E-state index contributed by atoms with van der Waals surface area (Å²) in [6.45, 7) is 2.00. The smallest absolute Gasteiger partial charge is 0.255 e. The van der Waals surface area contributed by atoms with Crippen molar-refractivity contribution >= 4 is 40.3 Å². The molecular weight excluding hydrogens is 397 g/mol. The maximum absolute atomic E-state index is 13.6. The number of anilines is 2. The Balaban J connectivity index is 1.75. The van der Waals surface area contributed by atoms with Crippen LogP contribution in [0.25, 0.3) is 0 Å². The number of aryl methyl sites for hydroxylation is 1. The molecule has 1 unspecified atom stereocenters. The number of carbonyl (C=O) groups is 1. The Morgan fingerprint density at radius 1 is 1.07 bits per heavy atom. The zero-order chi connectivity index (χ0) is 20.9. The van der Waals surface area contributed by atoms with E-state index in [0.717, 1.165) is 28.1 Å². The molecule has 148 valence electrons. The lowest BCUT2D eigenvalue weighted by Gasteiger charge is -2.43. The van der Waals surface area contributed by atoms with Crippen molar-refractivity contribution in [1.82, 2.24) is 0 Å². The average Bonchev–Trinajstić information content (AvgIpc) is 3.00. The van der Waals surface area contributed by atoms with E-state index in [1.807, 2.05) is 60.4 Å². The molecule has 30 heavy (non-hydrogen) atoms. The topological polar surface area (TPSA) is 44.7 Å². The van der Waals surface area contributed by atoms with Gasteiger partial charge in [0.05, 0.1) is 5.71 Å². The first kappa shape index (κ1) is 18.6. The van der Waals surface area contributed by atoms with Crippen LogP contribution in [0.15, 0.2) is 77.8 Å². The van der Waals surface area contributed by atoms with E-state index in [-0.39, 0.29) is 11.7 Å². The summed E-state index contributed by atoms with van der Waals surface area (Å²) >= 11 is 5.72. The highest BCUT2D eigenvalue weighted by Crippen LogP contribution is 2.48. The Labute approximate surface area is 179 Å². The first-order chi connectivity index (χ1) is 14.5. The number of fused-ring (bicyclic) bond motifs is 2. The number of hydrogen-bond acceptors (Lipinski definition) is 2. The lowest BCUT2D eigenvalue weighted by atomic mass is 9.80. The number of thiocarbonyl (C=S) groups is 1. The average molecular weight is 415 g/mol. The van der Waals surface area contributed by atoms with Crippen LogP contribution >= 0.6 is 12.2 Å². The van der Waals surface area contributed by atoms with Gasteiger partial charge < -0.3 is 5.32 Å². The third-order valence-corrected chi connectivity index (χ3v) is 5.94. The number of aliphatic imine (C=N–C) groups is 1. The number of nitrogens with zero attached hydrogens (tertiary/aromatic N) is 2. The Hall–Kier alpha value is -3.38. The van der Waals surface area contributed by atoms with Gasteiger partial charge in [-0.15, -0.1) is 0 Å². The van der Waals surface area contributed by atoms with E-state index in [9.17, 15) is 9.18 Å². The van der Waals surface area contributed by atoms with Gasteiger partial charge in [0.25, 0.3) is 5.91 Å². The van der Waals surface area contributed by atoms with Gasteiger partial charge in [0, 0.05) is 23.4 Å². The Kier molecular flexibility index (Phi) is 4.25. The van der Waals surface area contributed by atoms with Crippen LogP contribution in [0.1, 0.15) is 23.1 Å². The summed E-state index contributed by atoms with van der Waals surface area (Å²) in [6, 6.07) is 21.6. The molecule has 2 aliphatic rings. The number of nitrogens with one attached hydrogen (secondary N) is 1. The van der Waals surface area contributed by atoms with Crippen molar-refractivity contribution in [2.45, 2.75) is 18.9 Å². The molecule has 1 amide bonds. The van der Waals surface area contributed by atoms with E-state index in [0.29, 0.717) is 17.2 Å². The summed E-state index contributed by atoms with van der Waals surface area (Å²) < 4.78 is 13.5. The lowest BCUT2D eigenvalue weighted by molar-refractivity contribution is -0.120. The second-order valence-electron chi connectivity index (χ2n) is 7.56. The largest absolute Gasteiger partial charge is 0.323 e. The number of rotatable bonds is 2. The van der Waals surface area contributed by atoms with Gasteiger partial charge in [0.15, 0.2) is 5.54 Å². The van der Waals surface area contributed by atoms with Crippen LogP contribution in [0.3, 0.4) is 0 Å². The molecule has 1 N–H and O–H groups in total. The first-order valence-electron chi connectivity index (χ1n) is 9.64.